The van der Waals surface area contributed by atoms with Crippen molar-refractivity contribution in [2.75, 3.05) is 32.2 Å². The summed E-state index contributed by atoms with van der Waals surface area (Å²) in [5.74, 6) is -0.313. The Balaban J connectivity index is 1.69. The number of benzene rings is 1. The zero-order chi connectivity index (χ0) is 21.7. The number of piperidine rings is 2. The van der Waals surface area contributed by atoms with Crippen LogP contribution in [0.4, 0.5) is 5.69 Å². The summed E-state index contributed by atoms with van der Waals surface area (Å²) in [5.41, 5.74) is 3.17. The van der Waals surface area contributed by atoms with Gasteiger partial charge < -0.3 is 19.3 Å². The molecule has 1 unspecified atom stereocenters. The van der Waals surface area contributed by atoms with E-state index < -0.39 is 11.9 Å². The van der Waals surface area contributed by atoms with Gasteiger partial charge in [0.05, 0.1) is 0 Å². The van der Waals surface area contributed by atoms with E-state index in [4.69, 9.17) is 9.47 Å². The molecular formula is C22H31N3O5. The fraction of sp³-hybridized carbons (Fsp3) is 0.591. The standard InChI is InChI=1S/C22H31N3O5/c1-15-4-5-18(24-10-8-16(9-11-24)22(29-2)30-3)12-17(15)13-25(14-26)19-6-7-20(27)23-21(19)28/h4-5,12,14,16,19,22H,6-11,13H2,1-3H3,(H,23,27,28). The van der Waals surface area contributed by atoms with Crippen molar-refractivity contribution in [3.63, 3.8) is 0 Å². The van der Waals surface area contributed by atoms with E-state index in [0.29, 0.717) is 25.3 Å². The number of rotatable bonds is 8. The molecule has 2 aliphatic rings. The van der Waals surface area contributed by atoms with Crippen molar-refractivity contribution in [2.24, 2.45) is 5.92 Å². The largest absolute Gasteiger partial charge is 0.372 e. The minimum absolute atomic E-state index is 0.171. The summed E-state index contributed by atoms with van der Waals surface area (Å²) in [6.45, 7) is 4.14. The smallest absolute Gasteiger partial charge is 0.249 e. The molecule has 0 bridgehead atoms. The van der Waals surface area contributed by atoms with Crippen LogP contribution in [0.3, 0.4) is 0 Å². The molecule has 1 aromatic rings. The number of nitrogens with zero attached hydrogens (tertiary/aromatic N) is 2. The molecular weight excluding hydrogens is 386 g/mol. The van der Waals surface area contributed by atoms with Crippen LogP contribution in [0.25, 0.3) is 0 Å². The Kier molecular flexibility index (Phi) is 7.44. The van der Waals surface area contributed by atoms with Crippen molar-refractivity contribution in [2.45, 2.75) is 51.5 Å². The first kappa shape index (κ1) is 22.2. The van der Waals surface area contributed by atoms with Gasteiger partial charge in [0.25, 0.3) is 0 Å². The lowest BCUT2D eigenvalue weighted by atomic mass is 9.95. The van der Waals surface area contributed by atoms with Crippen LogP contribution in [0, 0.1) is 12.8 Å². The first-order valence-electron chi connectivity index (χ1n) is 10.4. The maximum atomic E-state index is 12.2. The van der Waals surface area contributed by atoms with E-state index in [0.717, 1.165) is 42.7 Å². The maximum Gasteiger partial charge on any atom is 0.249 e. The van der Waals surface area contributed by atoms with E-state index in [2.05, 4.69) is 28.4 Å². The second kappa shape index (κ2) is 10.0. The van der Waals surface area contributed by atoms with Crippen molar-refractivity contribution >= 4 is 23.9 Å². The molecule has 1 aromatic carbocycles. The molecule has 3 amide bonds. The number of aryl methyl sites for hydroxylation is 1. The summed E-state index contributed by atoms with van der Waals surface area (Å²) >= 11 is 0. The zero-order valence-electron chi connectivity index (χ0n) is 17.9. The molecule has 2 aliphatic heterocycles. The van der Waals surface area contributed by atoms with Gasteiger partial charge in [-0.15, -0.1) is 0 Å². The molecule has 0 aliphatic carbocycles. The number of hydrogen-bond donors (Lipinski definition) is 1. The molecule has 2 saturated heterocycles. The third-order valence-electron chi connectivity index (χ3n) is 6.19. The van der Waals surface area contributed by atoms with E-state index in [1.165, 1.54) is 4.90 Å². The summed E-state index contributed by atoms with van der Waals surface area (Å²) in [6.07, 6.45) is 3.09. The first-order chi connectivity index (χ1) is 14.5. The lowest BCUT2D eigenvalue weighted by Crippen LogP contribution is -2.51. The van der Waals surface area contributed by atoms with E-state index in [1.54, 1.807) is 14.2 Å². The monoisotopic (exact) mass is 417 g/mol. The second-order valence-corrected chi connectivity index (χ2v) is 8.02. The Morgan fingerprint density at radius 3 is 2.50 bits per heavy atom. The highest BCUT2D eigenvalue weighted by Crippen LogP contribution is 2.28. The average molecular weight is 418 g/mol. The van der Waals surface area contributed by atoms with Crippen LogP contribution in [0.1, 0.15) is 36.8 Å². The second-order valence-electron chi connectivity index (χ2n) is 8.02. The Morgan fingerprint density at radius 2 is 1.90 bits per heavy atom. The highest BCUT2D eigenvalue weighted by Gasteiger charge is 2.31. The molecule has 164 valence electrons. The Bertz CT molecular complexity index is 772. The number of carbonyl (C=O) groups excluding carboxylic acids is 3. The molecule has 0 spiro atoms. The number of ether oxygens (including phenoxy) is 2. The minimum atomic E-state index is -0.612. The fourth-order valence-electron chi connectivity index (χ4n) is 4.35. The van der Waals surface area contributed by atoms with Gasteiger partial charge >= 0.3 is 0 Å². The lowest BCUT2D eigenvalue weighted by Gasteiger charge is -2.36. The molecule has 8 nitrogen and oxygen atoms in total. The normalized spacial score (nSPS) is 20.4. The topological polar surface area (TPSA) is 88.2 Å². The van der Waals surface area contributed by atoms with Gasteiger partial charge in [-0.05, 0) is 49.4 Å². The van der Waals surface area contributed by atoms with Gasteiger partial charge in [0.1, 0.15) is 6.04 Å². The molecule has 30 heavy (non-hydrogen) atoms. The average Bonchev–Trinajstić information content (AvgIpc) is 2.75. The Morgan fingerprint density at radius 1 is 1.20 bits per heavy atom. The Labute approximate surface area is 177 Å². The number of nitrogens with one attached hydrogen (secondary N) is 1. The number of anilines is 1. The zero-order valence-corrected chi connectivity index (χ0v) is 17.9. The highest BCUT2D eigenvalue weighted by atomic mass is 16.7. The Hall–Kier alpha value is -2.45. The molecule has 0 aromatic heterocycles. The maximum absolute atomic E-state index is 12.2. The van der Waals surface area contributed by atoms with Gasteiger partial charge in [0.15, 0.2) is 6.29 Å². The molecule has 2 heterocycles. The summed E-state index contributed by atoms with van der Waals surface area (Å²) in [4.78, 5) is 39.1. The number of amides is 3. The minimum Gasteiger partial charge on any atom is -0.372 e. The number of methoxy groups -OCH3 is 2. The van der Waals surface area contributed by atoms with Crippen LogP contribution in [-0.4, -0.2) is 62.8 Å². The van der Waals surface area contributed by atoms with Crippen molar-refractivity contribution < 1.29 is 23.9 Å². The lowest BCUT2D eigenvalue weighted by molar-refractivity contribution is -0.141. The summed E-state index contributed by atoms with van der Waals surface area (Å²) < 4.78 is 10.8. The van der Waals surface area contributed by atoms with Crippen molar-refractivity contribution in [1.82, 2.24) is 10.2 Å². The predicted molar refractivity (Wildman–Crippen MR) is 112 cm³/mol. The van der Waals surface area contributed by atoms with Crippen LogP contribution >= 0.6 is 0 Å². The quantitative estimate of drug-likeness (QED) is 0.393. The highest BCUT2D eigenvalue weighted by molar-refractivity contribution is 6.00. The van der Waals surface area contributed by atoms with Crippen molar-refractivity contribution in [3.8, 4) is 0 Å². The summed E-state index contributed by atoms with van der Waals surface area (Å²) in [6, 6.07) is 5.64. The molecule has 2 fully saturated rings. The van der Waals surface area contributed by atoms with E-state index in [9.17, 15) is 14.4 Å². The number of hydrogen-bond acceptors (Lipinski definition) is 6. The van der Waals surface area contributed by atoms with E-state index >= 15 is 0 Å². The molecule has 3 rings (SSSR count). The van der Waals surface area contributed by atoms with Crippen molar-refractivity contribution in [1.29, 1.82) is 0 Å². The third-order valence-corrected chi connectivity index (χ3v) is 6.19. The van der Waals surface area contributed by atoms with Gasteiger partial charge in [-0.1, -0.05) is 6.07 Å². The number of carbonyl (C=O) groups is 3. The van der Waals surface area contributed by atoms with Crippen LogP contribution in [-0.2, 0) is 30.4 Å². The third kappa shape index (κ3) is 4.99. The molecule has 1 N–H and O–H groups in total. The van der Waals surface area contributed by atoms with Gasteiger partial charge in [-0.3, -0.25) is 19.7 Å². The predicted octanol–water partition coefficient (Wildman–Crippen LogP) is 1.59. The van der Waals surface area contributed by atoms with E-state index in [-0.39, 0.29) is 18.6 Å². The van der Waals surface area contributed by atoms with Gasteiger partial charge in [-0.25, -0.2) is 0 Å². The summed E-state index contributed by atoms with van der Waals surface area (Å²) in [5, 5.41) is 2.32. The van der Waals surface area contributed by atoms with Crippen LogP contribution in [0.2, 0.25) is 0 Å². The van der Waals surface area contributed by atoms with Crippen LogP contribution in [0.5, 0.6) is 0 Å². The fourth-order valence-corrected chi connectivity index (χ4v) is 4.35. The van der Waals surface area contributed by atoms with Crippen LogP contribution < -0.4 is 10.2 Å². The van der Waals surface area contributed by atoms with Crippen LogP contribution in [0.15, 0.2) is 18.2 Å². The van der Waals surface area contributed by atoms with Gasteiger partial charge in [0, 0.05) is 51.9 Å². The van der Waals surface area contributed by atoms with Crippen molar-refractivity contribution in [3.05, 3.63) is 29.3 Å². The van der Waals surface area contributed by atoms with Gasteiger partial charge in [0.2, 0.25) is 18.2 Å². The summed E-state index contributed by atoms with van der Waals surface area (Å²) in [7, 11) is 3.35. The first-order valence-corrected chi connectivity index (χ1v) is 10.4. The molecule has 1 atom stereocenters. The number of imide groups is 1. The molecule has 0 saturated carbocycles. The molecule has 8 heteroatoms. The van der Waals surface area contributed by atoms with Gasteiger partial charge in [-0.2, -0.15) is 0 Å². The SMILES string of the molecule is COC(OC)C1CCN(c2ccc(C)c(CN(C=O)C3CCC(=O)NC3=O)c2)CC1. The molecule has 0 radical (unpaired) electrons. The van der Waals surface area contributed by atoms with E-state index in [1.807, 2.05) is 6.92 Å².